The van der Waals surface area contributed by atoms with Crippen LogP contribution in [0.3, 0.4) is 0 Å². The minimum absolute atomic E-state index is 0.0967. The standard InChI is InChI=1S/C28H32N6O/c1-4-9-24-29-26(25-21(3)31-34(27(25)30-24)23-10-6-5-7-11-23)32-16-8-17-33(19-18-32)28(35)22-14-12-20(2)13-15-22/h5-7,10-15H,4,8-9,16-19H2,1-3H3. The predicted molar refractivity (Wildman–Crippen MR) is 139 cm³/mol. The Bertz CT molecular complexity index is 1330. The molecule has 0 unspecified atom stereocenters. The first-order valence-corrected chi connectivity index (χ1v) is 12.5. The molecule has 2 aromatic carbocycles. The highest BCUT2D eigenvalue weighted by Gasteiger charge is 2.25. The molecule has 4 aromatic rings. The third-order valence-corrected chi connectivity index (χ3v) is 6.59. The van der Waals surface area contributed by atoms with Gasteiger partial charge in [0.1, 0.15) is 11.6 Å². The Morgan fingerprint density at radius 1 is 0.914 bits per heavy atom. The average Bonchev–Trinajstić information content (AvgIpc) is 3.04. The molecule has 0 bridgehead atoms. The number of carbonyl (C=O) groups is 1. The minimum Gasteiger partial charge on any atom is -0.354 e. The summed E-state index contributed by atoms with van der Waals surface area (Å²) < 4.78 is 1.93. The first-order chi connectivity index (χ1) is 17.0. The SMILES string of the molecule is CCCc1nc(N2CCCN(C(=O)c3ccc(C)cc3)CC2)c2c(C)nn(-c3ccccc3)c2n1. The molecule has 180 valence electrons. The lowest BCUT2D eigenvalue weighted by molar-refractivity contribution is 0.0767. The number of aryl methyl sites for hydroxylation is 3. The fourth-order valence-electron chi connectivity index (χ4n) is 4.73. The number of carbonyl (C=O) groups excluding carboxylic acids is 1. The summed E-state index contributed by atoms with van der Waals surface area (Å²) in [4.78, 5) is 27.4. The molecule has 0 radical (unpaired) electrons. The molecule has 1 aliphatic heterocycles. The van der Waals surface area contributed by atoms with Crippen LogP contribution in [0.15, 0.2) is 54.6 Å². The first-order valence-electron chi connectivity index (χ1n) is 12.5. The van der Waals surface area contributed by atoms with Gasteiger partial charge in [0, 0.05) is 38.2 Å². The van der Waals surface area contributed by atoms with Crippen molar-refractivity contribution in [3.8, 4) is 5.69 Å². The topological polar surface area (TPSA) is 67.2 Å². The van der Waals surface area contributed by atoms with E-state index in [1.54, 1.807) is 0 Å². The highest BCUT2D eigenvalue weighted by Crippen LogP contribution is 2.30. The van der Waals surface area contributed by atoms with Crippen molar-refractivity contribution in [1.82, 2.24) is 24.6 Å². The van der Waals surface area contributed by atoms with E-state index in [1.165, 1.54) is 0 Å². The van der Waals surface area contributed by atoms with Crippen LogP contribution in [0, 0.1) is 13.8 Å². The Morgan fingerprint density at radius 2 is 1.69 bits per heavy atom. The second-order valence-electron chi connectivity index (χ2n) is 9.24. The van der Waals surface area contributed by atoms with Gasteiger partial charge in [-0.1, -0.05) is 42.8 Å². The molecule has 0 N–H and O–H groups in total. The van der Waals surface area contributed by atoms with Crippen molar-refractivity contribution in [2.75, 3.05) is 31.1 Å². The fraction of sp³-hybridized carbons (Fsp3) is 0.357. The quantitative estimate of drug-likeness (QED) is 0.423. The number of nitrogens with zero attached hydrogens (tertiary/aromatic N) is 6. The second kappa shape index (κ2) is 9.86. The van der Waals surface area contributed by atoms with Gasteiger partial charge in [-0.25, -0.2) is 14.6 Å². The predicted octanol–water partition coefficient (Wildman–Crippen LogP) is 4.74. The molecule has 0 spiro atoms. The maximum atomic E-state index is 13.1. The highest BCUT2D eigenvalue weighted by molar-refractivity contribution is 5.94. The normalized spacial score (nSPS) is 14.4. The lowest BCUT2D eigenvalue weighted by Crippen LogP contribution is -2.35. The molecular weight excluding hydrogens is 436 g/mol. The van der Waals surface area contributed by atoms with Crippen LogP contribution in [-0.2, 0) is 6.42 Å². The molecule has 35 heavy (non-hydrogen) atoms. The van der Waals surface area contributed by atoms with Crippen molar-refractivity contribution in [2.24, 2.45) is 0 Å². The zero-order valence-electron chi connectivity index (χ0n) is 20.7. The zero-order chi connectivity index (χ0) is 24.4. The van der Waals surface area contributed by atoms with Gasteiger partial charge in [-0.3, -0.25) is 4.79 Å². The van der Waals surface area contributed by atoms with Crippen LogP contribution >= 0.6 is 0 Å². The maximum Gasteiger partial charge on any atom is 0.253 e. The number of aromatic nitrogens is 4. The Morgan fingerprint density at radius 3 is 2.43 bits per heavy atom. The number of amides is 1. The van der Waals surface area contributed by atoms with Gasteiger partial charge < -0.3 is 9.80 Å². The van der Waals surface area contributed by atoms with E-state index in [9.17, 15) is 4.79 Å². The molecule has 1 amide bonds. The summed E-state index contributed by atoms with van der Waals surface area (Å²) in [7, 11) is 0. The van der Waals surface area contributed by atoms with Crippen LogP contribution in [-0.4, -0.2) is 56.7 Å². The Kier molecular flexibility index (Phi) is 6.49. The van der Waals surface area contributed by atoms with Gasteiger partial charge in [0.05, 0.1) is 16.8 Å². The van der Waals surface area contributed by atoms with Gasteiger partial charge in [-0.2, -0.15) is 5.10 Å². The van der Waals surface area contributed by atoms with Crippen molar-refractivity contribution < 1.29 is 4.79 Å². The monoisotopic (exact) mass is 468 g/mol. The van der Waals surface area contributed by atoms with Crippen molar-refractivity contribution in [3.63, 3.8) is 0 Å². The Hall–Kier alpha value is -3.74. The highest BCUT2D eigenvalue weighted by atomic mass is 16.2. The third-order valence-electron chi connectivity index (χ3n) is 6.59. The first kappa shape index (κ1) is 23.0. The summed E-state index contributed by atoms with van der Waals surface area (Å²) in [5.41, 5.74) is 4.66. The van der Waals surface area contributed by atoms with Gasteiger partial charge in [-0.15, -0.1) is 0 Å². The summed E-state index contributed by atoms with van der Waals surface area (Å²) >= 11 is 0. The molecule has 1 saturated heterocycles. The number of rotatable bonds is 5. The molecule has 0 saturated carbocycles. The smallest absolute Gasteiger partial charge is 0.253 e. The number of fused-ring (bicyclic) bond motifs is 1. The number of hydrogen-bond donors (Lipinski definition) is 0. The van der Waals surface area contributed by atoms with E-state index in [4.69, 9.17) is 15.1 Å². The lowest BCUT2D eigenvalue weighted by atomic mass is 10.1. The van der Waals surface area contributed by atoms with Crippen molar-refractivity contribution in [2.45, 2.75) is 40.0 Å². The molecule has 2 aromatic heterocycles. The van der Waals surface area contributed by atoms with E-state index in [0.29, 0.717) is 6.54 Å². The van der Waals surface area contributed by atoms with Crippen LogP contribution in [0.1, 0.15) is 47.2 Å². The zero-order valence-corrected chi connectivity index (χ0v) is 20.7. The summed E-state index contributed by atoms with van der Waals surface area (Å²) in [5.74, 6) is 1.87. The summed E-state index contributed by atoms with van der Waals surface area (Å²) in [6.45, 7) is 9.17. The van der Waals surface area contributed by atoms with Crippen molar-refractivity contribution in [3.05, 3.63) is 77.2 Å². The fourth-order valence-corrected chi connectivity index (χ4v) is 4.73. The number of benzene rings is 2. The van der Waals surface area contributed by atoms with E-state index < -0.39 is 0 Å². The van der Waals surface area contributed by atoms with Crippen LogP contribution in [0.4, 0.5) is 5.82 Å². The third kappa shape index (κ3) is 4.63. The van der Waals surface area contributed by atoms with Crippen LogP contribution in [0.5, 0.6) is 0 Å². The number of anilines is 1. The summed E-state index contributed by atoms with van der Waals surface area (Å²) in [6.07, 6.45) is 2.67. The van der Waals surface area contributed by atoms with Gasteiger partial charge in [0.15, 0.2) is 5.65 Å². The van der Waals surface area contributed by atoms with E-state index in [2.05, 4.69) is 11.8 Å². The van der Waals surface area contributed by atoms with Gasteiger partial charge in [0.25, 0.3) is 5.91 Å². The van der Waals surface area contributed by atoms with E-state index >= 15 is 0 Å². The van der Waals surface area contributed by atoms with E-state index in [-0.39, 0.29) is 5.91 Å². The number of para-hydroxylation sites is 1. The van der Waals surface area contributed by atoms with Crippen molar-refractivity contribution in [1.29, 1.82) is 0 Å². The minimum atomic E-state index is 0.0967. The molecular formula is C28H32N6O. The summed E-state index contributed by atoms with van der Waals surface area (Å²) in [6, 6.07) is 18.0. The molecule has 3 heterocycles. The molecule has 7 nitrogen and oxygen atoms in total. The van der Waals surface area contributed by atoms with Crippen molar-refractivity contribution >= 4 is 22.8 Å². The molecule has 1 fully saturated rings. The number of hydrogen-bond acceptors (Lipinski definition) is 5. The molecule has 1 aliphatic rings. The summed E-state index contributed by atoms with van der Waals surface area (Å²) in [5, 5.41) is 5.85. The van der Waals surface area contributed by atoms with Gasteiger partial charge >= 0.3 is 0 Å². The average molecular weight is 469 g/mol. The lowest BCUT2D eigenvalue weighted by Gasteiger charge is -2.24. The van der Waals surface area contributed by atoms with Gasteiger partial charge in [0.2, 0.25) is 0 Å². The molecule has 7 heteroatoms. The second-order valence-corrected chi connectivity index (χ2v) is 9.24. The Balaban J connectivity index is 1.48. The maximum absolute atomic E-state index is 13.1. The molecule has 0 atom stereocenters. The van der Waals surface area contributed by atoms with E-state index in [0.717, 1.165) is 84.1 Å². The van der Waals surface area contributed by atoms with Crippen LogP contribution in [0.2, 0.25) is 0 Å². The Labute approximate surface area is 206 Å². The van der Waals surface area contributed by atoms with Gasteiger partial charge in [-0.05, 0) is 51.0 Å². The van der Waals surface area contributed by atoms with Crippen LogP contribution in [0.25, 0.3) is 16.7 Å². The largest absolute Gasteiger partial charge is 0.354 e. The van der Waals surface area contributed by atoms with E-state index in [1.807, 2.05) is 78.0 Å². The molecule has 0 aliphatic carbocycles. The van der Waals surface area contributed by atoms with Crippen LogP contribution < -0.4 is 4.90 Å². The molecule has 5 rings (SSSR count).